The number of hydrogen-bond donors (Lipinski definition) is 5. The molecule has 21 heavy (non-hydrogen) atoms. The van der Waals surface area contributed by atoms with Gasteiger partial charge in [-0.1, -0.05) is 12.2 Å². The van der Waals surface area contributed by atoms with Crippen molar-refractivity contribution in [2.45, 2.75) is 6.42 Å². The molecule has 5 N–H and O–H groups in total. The lowest BCUT2D eigenvalue weighted by Gasteiger charge is -2.15. The summed E-state index contributed by atoms with van der Waals surface area (Å²) in [6, 6.07) is 0. The molecule has 1 aliphatic heterocycles. The summed E-state index contributed by atoms with van der Waals surface area (Å²) in [6.45, 7) is -0.382. The van der Waals surface area contributed by atoms with Crippen molar-refractivity contribution >= 4 is 52.4 Å². The van der Waals surface area contributed by atoms with Crippen molar-refractivity contribution < 1.29 is 19.5 Å². The van der Waals surface area contributed by atoms with Crippen LogP contribution >= 0.6 is 24.4 Å². The van der Waals surface area contributed by atoms with Crippen molar-refractivity contribution in [2.75, 3.05) is 6.73 Å². The van der Waals surface area contributed by atoms with Crippen LogP contribution in [-0.4, -0.2) is 39.8 Å². The van der Waals surface area contributed by atoms with E-state index in [-0.39, 0.29) is 28.9 Å². The molecule has 112 valence electrons. The molecule has 1 heterocycles. The Bertz CT molecular complexity index is 534. The van der Waals surface area contributed by atoms with E-state index in [2.05, 4.69) is 33.5 Å². The number of thiocarbonyl (C=S) groups is 2. The van der Waals surface area contributed by atoms with Crippen LogP contribution in [0.25, 0.3) is 0 Å². The Morgan fingerprint density at radius 3 is 2.48 bits per heavy atom. The Balaban J connectivity index is 2.50. The minimum atomic E-state index is -0.605. The molecule has 10 heteroatoms. The summed E-state index contributed by atoms with van der Waals surface area (Å²) in [4.78, 5) is 34.3. The minimum Gasteiger partial charge on any atom is -0.377 e. The fraction of sp³-hybridized carbons (Fsp3) is 0.182. The van der Waals surface area contributed by atoms with E-state index >= 15 is 0 Å². The molecule has 1 aliphatic rings. The molecule has 0 saturated carbocycles. The monoisotopic (exact) mass is 328 g/mol. The molecule has 0 radical (unpaired) electrons. The normalized spacial score (nSPS) is 14.5. The largest absolute Gasteiger partial charge is 0.377 e. The lowest BCUT2D eigenvalue weighted by molar-refractivity contribution is -0.123. The number of rotatable bonds is 4. The average molecular weight is 328 g/mol. The van der Waals surface area contributed by atoms with Crippen LogP contribution in [0.1, 0.15) is 6.42 Å². The van der Waals surface area contributed by atoms with E-state index in [9.17, 15) is 14.4 Å². The molecule has 1 rings (SSSR count). The molecule has 0 aromatic rings. The van der Waals surface area contributed by atoms with Crippen molar-refractivity contribution in [1.82, 2.24) is 21.3 Å². The van der Waals surface area contributed by atoms with Crippen molar-refractivity contribution in [3.8, 4) is 0 Å². The zero-order valence-electron chi connectivity index (χ0n) is 10.6. The Labute approximate surface area is 130 Å². The summed E-state index contributed by atoms with van der Waals surface area (Å²) in [5.74, 6) is -1.62. The average Bonchev–Trinajstić information content (AvgIpc) is 2.36. The second-order valence-corrected chi connectivity index (χ2v) is 4.48. The smallest absolute Gasteiger partial charge is 0.263 e. The van der Waals surface area contributed by atoms with Crippen LogP contribution in [0.15, 0.2) is 23.8 Å². The van der Waals surface area contributed by atoms with Gasteiger partial charge in [-0.3, -0.25) is 25.0 Å². The third-order valence-corrected chi connectivity index (χ3v) is 2.59. The van der Waals surface area contributed by atoms with E-state index in [1.165, 1.54) is 18.2 Å². The topological polar surface area (TPSA) is 120 Å². The highest BCUT2D eigenvalue weighted by molar-refractivity contribution is 7.80. The molecule has 0 aliphatic carbocycles. The number of hydrogen-bond acceptors (Lipinski definition) is 6. The van der Waals surface area contributed by atoms with E-state index < -0.39 is 17.7 Å². The van der Waals surface area contributed by atoms with Crippen molar-refractivity contribution in [3.05, 3.63) is 23.8 Å². The standard InChI is InChI=1S/C11H12N4O4S2/c16-5-12-10(20)13-7(17)4-2-1-3-6-8(18)14-11(21)15-9(6)19/h1-3,16H,4-5H2,(H2,12,13,17,20)(H2,14,15,18,19,21)/b2-1+. The second-order valence-electron chi connectivity index (χ2n) is 3.66. The fourth-order valence-corrected chi connectivity index (χ4v) is 1.62. The molecule has 0 bridgehead atoms. The molecule has 1 saturated heterocycles. The Kier molecular flexibility index (Phi) is 6.59. The van der Waals surface area contributed by atoms with Crippen LogP contribution in [0.4, 0.5) is 0 Å². The molecular weight excluding hydrogens is 316 g/mol. The number of carbonyl (C=O) groups is 3. The first-order valence-corrected chi connectivity index (χ1v) is 6.47. The van der Waals surface area contributed by atoms with Gasteiger partial charge in [0.25, 0.3) is 11.8 Å². The van der Waals surface area contributed by atoms with E-state index in [1.54, 1.807) is 0 Å². The van der Waals surface area contributed by atoms with Gasteiger partial charge in [0.15, 0.2) is 10.2 Å². The molecule has 0 atom stereocenters. The zero-order valence-corrected chi connectivity index (χ0v) is 12.3. The van der Waals surface area contributed by atoms with Crippen LogP contribution in [0.5, 0.6) is 0 Å². The minimum absolute atomic E-state index is 0.00815. The van der Waals surface area contributed by atoms with Crippen LogP contribution in [0.2, 0.25) is 0 Å². The van der Waals surface area contributed by atoms with Crippen LogP contribution < -0.4 is 21.3 Å². The summed E-state index contributed by atoms with van der Waals surface area (Å²) >= 11 is 9.34. The number of carbonyl (C=O) groups excluding carboxylic acids is 3. The van der Waals surface area contributed by atoms with E-state index in [4.69, 9.17) is 17.3 Å². The van der Waals surface area contributed by atoms with Gasteiger partial charge in [-0.05, 0) is 30.5 Å². The molecular formula is C11H12N4O4S2. The van der Waals surface area contributed by atoms with Gasteiger partial charge in [-0.2, -0.15) is 0 Å². The highest BCUT2D eigenvalue weighted by atomic mass is 32.1. The quantitative estimate of drug-likeness (QED) is 0.181. The van der Waals surface area contributed by atoms with Gasteiger partial charge in [0, 0.05) is 6.42 Å². The molecule has 8 nitrogen and oxygen atoms in total. The van der Waals surface area contributed by atoms with Gasteiger partial charge >= 0.3 is 0 Å². The second kappa shape index (κ2) is 8.19. The first-order chi connectivity index (χ1) is 9.93. The van der Waals surface area contributed by atoms with E-state index in [0.29, 0.717) is 0 Å². The highest BCUT2D eigenvalue weighted by Gasteiger charge is 2.24. The number of allylic oxidation sites excluding steroid dienone is 2. The maximum atomic E-state index is 11.5. The third kappa shape index (κ3) is 5.77. The molecule has 0 spiro atoms. The molecule has 3 amide bonds. The van der Waals surface area contributed by atoms with Gasteiger partial charge in [0.05, 0.1) is 0 Å². The van der Waals surface area contributed by atoms with E-state index in [0.717, 1.165) is 0 Å². The van der Waals surface area contributed by atoms with Crippen molar-refractivity contribution in [2.24, 2.45) is 0 Å². The summed E-state index contributed by atoms with van der Waals surface area (Å²) in [7, 11) is 0. The predicted molar refractivity (Wildman–Crippen MR) is 81.7 cm³/mol. The molecule has 0 unspecified atom stereocenters. The van der Waals surface area contributed by atoms with Gasteiger partial charge in [-0.25, -0.2) is 0 Å². The first-order valence-electron chi connectivity index (χ1n) is 5.66. The fourth-order valence-electron chi connectivity index (χ4n) is 1.26. The maximum absolute atomic E-state index is 11.5. The molecule has 1 fully saturated rings. The van der Waals surface area contributed by atoms with E-state index in [1.807, 2.05) is 0 Å². The summed E-state index contributed by atoms with van der Waals surface area (Å²) in [6.07, 6.45) is 4.09. The van der Waals surface area contributed by atoms with Gasteiger partial charge in [0.1, 0.15) is 12.3 Å². The van der Waals surface area contributed by atoms with Gasteiger partial charge < -0.3 is 15.7 Å². The molecule has 0 aromatic carbocycles. The first kappa shape index (κ1) is 16.9. The maximum Gasteiger partial charge on any atom is 0.263 e. The third-order valence-electron chi connectivity index (χ3n) is 2.14. The Morgan fingerprint density at radius 1 is 1.29 bits per heavy atom. The molecule has 0 aromatic heterocycles. The number of aliphatic hydroxyl groups is 1. The van der Waals surface area contributed by atoms with Crippen LogP contribution in [0, 0.1) is 0 Å². The summed E-state index contributed by atoms with van der Waals surface area (Å²) < 4.78 is 0. The van der Waals surface area contributed by atoms with Crippen LogP contribution in [-0.2, 0) is 14.4 Å². The predicted octanol–water partition coefficient (Wildman–Crippen LogP) is -1.67. The van der Waals surface area contributed by atoms with Crippen molar-refractivity contribution in [3.63, 3.8) is 0 Å². The summed E-state index contributed by atoms with van der Waals surface area (Å²) in [5.41, 5.74) is -0.113. The lowest BCUT2D eigenvalue weighted by atomic mass is 10.2. The van der Waals surface area contributed by atoms with Crippen molar-refractivity contribution in [1.29, 1.82) is 0 Å². The Morgan fingerprint density at radius 2 is 1.90 bits per heavy atom. The number of aliphatic hydroxyl groups excluding tert-OH is 1. The lowest BCUT2D eigenvalue weighted by Crippen LogP contribution is -2.51. The zero-order chi connectivity index (χ0) is 15.8. The number of nitrogens with one attached hydrogen (secondary N) is 4. The van der Waals surface area contributed by atoms with Crippen LogP contribution in [0.3, 0.4) is 0 Å². The SMILES string of the molecule is O=C(C/C=C/C=C1C(=O)NC(=S)NC1=O)NC(=S)NCO. The number of amides is 3. The summed E-state index contributed by atoms with van der Waals surface area (Å²) in [5, 5.41) is 17.7. The Hall–Kier alpha value is -2.17. The van der Waals surface area contributed by atoms with Gasteiger partial charge in [0.2, 0.25) is 5.91 Å². The highest BCUT2D eigenvalue weighted by Crippen LogP contribution is 2.01. The van der Waals surface area contributed by atoms with Gasteiger partial charge in [-0.15, -0.1) is 0 Å².